The van der Waals surface area contributed by atoms with E-state index in [9.17, 15) is 9.90 Å². The third-order valence-electron chi connectivity index (χ3n) is 4.12. The Kier molecular flexibility index (Phi) is 6.85. The normalized spacial score (nSPS) is 17.7. The summed E-state index contributed by atoms with van der Waals surface area (Å²) in [6.07, 6.45) is 4.15. The molecule has 0 aromatic heterocycles. The number of nitrogens with one attached hydrogen (secondary N) is 2. The van der Waals surface area contributed by atoms with Crippen molar-refractivity contribution in [3.05, 3.63) is 29.8 Å². The van der Waals surface area contributed by atoms with E-state index < -0.39 is 0 Å². The molecule has 6 heteroatoms. The lowest BCUT2D eigenvalue weighted by Crippen LogP contribution is -2.34. The summed E-state index contributed by atoms with van der Waals surface area (Å²) in [4.78, 5) is 14.1. The molecular formula is C17H24N4O2. The van der Waals surface area contributed by atoms with Gasteiger partial charge in [0.05, 0.1) is 18.2 Å². The van der Waals surface area contributed by atoms with Crippen molar-refractivity contribution < 1.29 is 9.90 Å². The second-order valence-electron chi connectivity index (χ2n) is 5.80. The lowest BCUT2D eigenvalue weighted by atomic mass is 10.2. The van der Waals surface area contributed by atoms with Crippen LogP contribution in [0.25, 0.3) is 0 Å². The first-order chi connectivity index (χ1) is 11.2. The number of likely N-dealkylation sites (tertiary alicyclic amines) is 1. The molecule has 1 heterocycles. The summed E-state index contributed by atoms with van der Waals surface area (Å²) in [7, 11) is 0. The zero-order valence-corrected chi connectivity index (χ0v) is 13.3. The highest BCUT2D eigenvalue weighted by Gasteiger charge is 2.22. The fourth-order valence-corrected chi connectivity index (χ4v) is 2.88. The molecule has 1 aromatic rings. The summed E-state index contributed by atoms with van der Waals surface area (Å²) in [6.45, 7) is 2.89. The van der Waals surface area contributed by atoms with Crippen LogP contribution in [-0.4, -0.2) is 48.3 Å². The highest BCUT2D eigenvalue weighted by atomic mass is 16.3. The summed E-state index contributed by atoms with van der Waals surface area (Å²) in [5.41, 5.74) is 1.14. The first-order valence-electron chi connectivity index (χ1n) is 8.13. The molecule has 2 rings (SSSR count). The number of anilines is 1. The molecule has 23 heavy (non-hydrogen) atoms. The highest BCUT2D eigenvalue weighted by Crippen LogP contribution is 2.16. The summed E-state index contributed by atoms with van der Waals surface area (Å²) in [5.74, 6) is 0. The molecule has 6 nitrogen and oxygen atoms in total. The third kappa shape index (κ3) is 5.55. The van der Waals surface area contributed by atoms with E-state index in [1.165, 1.54) is 0 Å². The maximum atomic E-state index is 11.8. The van der Waals surface area contributed by atoms with E-state index >= 15 is 0 Å². The van der Waals surface area contributed by atoms with Crippen molar-refractivity contribution in [2.24, 2.45) is 0 Å². The maximum absolute atomic E-state index is 11.8. The van der Waals surface area contributed by atoms with E-state index in [0.717, 1.165) is 38.8 Å². The van der Waals surface area contributed by atoms with E-state index in [4.69, 9.17) is 5.26 Å². The van der Waals surface area contributed by atoms with Gasteiger partial charge in [-0.15, -0.1) is 0 Å². The van der Waals surface area contributed by atoms with E-state index in [0.29, 0.717) is 23.8 Å². The van der Waals surface area contributed by atoms with Crippen LogP contribution < -0.4 is 10.6 Å². The van der Waals surface area contributed by atoms with Crippen LogP contribution in [-0.2, 0) is 0 Å². The Hall–Kier alpha value is -2.10. The highest BCUT2D eigenvalue weighted by molar-refractivity contribution is 5.89. The quantitative estimate of drug-likeness (QED) is 0.671. The summed E-state index contributed by atoms with van der Waals surface area (Å²) < 4.78 is 0. The van der Waals surface area contributed by atoms with E-state index in [-0.39, 0.29) is 12.6 Å². The number of carbonyl (C=O) groups is 1. The molecular weight excluding hydrogens is 292 g/mol. The standard InChI is InChI=1S/C17H24N4O2/c18-12-14-5-3-6-15(11-14)20-17(23)19-8-1-2-9-21-10-4-7-16(21)13-22/h3,5-6,11,16,22H,1-2,4,7-10,13H2,(H2,19,20,23). The topological polar surface area (TPSA) is 88.4 Å². The van der Waals surface area contributed by atoms with Gasteiger partial charge in [0.2, 0.25) is 0 Å². The first-order valence-corrected chi connectivity index (χ1v) is 8.13. The number of nitrogens with zero attached hydrogens (tertiary/aromatic N) is 2. The lowest BCUT2D eigenvalue weighted by Gasteiger charge is -2.22. The number of nitriles is 1. The number of aliphatic hydroxyl groups is 1. The second-order valence-corrected chi connectivity index (χ2v) is 5.80. The molecule has 1 aliphatic rings. The number of unbranched alkanes of at least 4 members (excludes halogenated alkanes) is 1. The number of benzene rings is 1. The molecule has 3 N–H and O–H groups in total. The second kappa shape index (κ2) is 9.13. The van der Waals surface area contributed by atoms with Crippen molar-refractivity contribution in [1.82, 2.24) is 10.2 Å². The first kappa shape index (κ1) is 17.3. The Balaban J connectivity index is 1.60. The SMILES string of the molecule is N#Cc1cccc(NC(=O)NCCCCN2CCCC2CO)c1. The van der Waals surface area contributed by atoms with Gasteiger partial charge in [-0.2, -0.15) is 5.26 Å². The predicted molar refractivity (Wildman–Crippen MR) is 89.1 cm³/mol. The number of carbonyl (C=O) groups excluding carboxylic acids is 1. The zero-order chi connectivity index (χ0) is 16.5. The van der Waals surface area contributed by atoms with E-state index in [1.807, 2.05) is 6.07 Å². The summed E-state index contributed by atoms with van der Waals surface area (Å²) >= 11 is 0. The number of hydrogen-bond donors (Lipinski definition) is 3. The Bertz CT molecular complexity index is 556. The van der Waals surface area contributed by atoms with E-state index in [2.05, 4.69) is 15.5 Å². The molecule has 1 fully saturated rings. The number of hydrogen-bond acceptors (Lipinski definition) is 4. The van der Waals surface area contributed by atoms with Crippen LogP contribution in [0, 0.1) is 11.3 Å². The fraction of sp³-hybridized carbons (Fsp3) is 0.529. The van der Waals surface area contributed by atoms with Gasteiger partial charge in [0.1, 0.15) is 0 Å². The van der Waals surface area contributed by atoms with E-state index in [1.54, 1.807) is 24.3 Å². The van der Waals surface area contributed by atoms with Crippen LogP contribution in [0.3, 0.4) is 0 Å². The zero-order valence-electron chi connectivity index (χ0n) is 13.3. The van der Waals surface area contributed by atoms with Gasteiger partial charge in [0, 0.05) is 18.3 Å². The minimum Gasteiger partial charge on any atom is -0.395 e. The van der Waals surface area contributed by atoms with Crippen molar-refractivity contribution in [3.8, 4) is 6.07 Å². The average Bonchev–Trinajstić information content (AvgIpc) is 3.02. The van der Waals surface area contributed by atoms with Crippen LogP contribution in [0.15, 0.2) is 24.3 Å². The molecule has 0 saturated carbocycles. The van der Waals surface area contributed by atoms with Crippen molar-refractivity contribution in [3.63, 3.8) is 0 Å². The molecule has 2 amide bonds. The Morgan fingerprint density at radius 3 is 3.09 bits per heavy atom. The molecule has 124 valence electrons. The van der Waals surface area contributed by atoms with Crippen molar-refractivity contribution >= 4 is 11.7 Å². The van der Waals surface area contributed by atoms with Gasteiger partial charge in [0.15, 0.2) is 0 Å². The fourth-order valence-electron chi connectivity index (χ4n) is 2.88. The van der Waals surface area contributed by atoms with Gasteiger partial charge in [-0.3, -0.25) is 4.90 Å². The minimum absolute atomic E-state index is 0.239. The molecule has 1 saturated heterocycles. The number of amides is 2. The Morgan fingerprint density at radius 1 is 1.43 bits per heavy atom. The molecule has 1 aliphatic heterocycles. The third-order valence-corrected chi connectivity index (χ3v) is 4.12. The van der Waals surface area contributed by atoms with Crippen LogP contribution in [0.1, 0.15) is 31.2 Å². The van der Waals surface area contributed by atoms with Crippen molar-refractivity contribution in [2.75, 3.05) is 31.6 Å². The molecule has 1 atom stereocenters. The number of urea groups is 1. The van der Waals surface area contributed by atoms with Crippen LogP contribution in [0.4, 0.5) is 10.5 Å². The van der Waals surface area contributed by atoms with Crippen molar-refractivity contribution in [1.29, 1.82) is 5.26 Å². The monoisotopic (exact) mass is 316 g/mol. The van der Waals surface area contributed by atoms with Crippen LogP contribution >= 0.6 is 0 Å². The van der Waals surface area contributed by atoms with Crippen LogP contribution in [0.2, 0.25) is 0 Å². The summed E-state index contributed by atoms with van der Waals surface area (Å²) in [6, 6.07) is 8.93. The largest absolute Gasteiger partial charge is 0.395 e. The van der Waals surface area contributed by atoms with Gasteiger partial charge in [-0.25, -0.2) is 4.79 Å². The molecule has 0 radical (unpaired) electrons. The molecule has 1 unspecified atom stereocenters. The van der Waals surface area contributed by atoms with Gasteiger partial charge in [-0.1, -0.05) is 6.07 Å². The van der Waals surface area contributed by atoms with Gasteiger partial charge in [0.25, 0.3) is 0 Å². The smallest absolute Gasteiger partial charge is 0.319 e. The number of aliphatic hydroxyl groups excluding tert-OH is 1. The molecule has 0 bridgehead atoms. The Morgan fingerprint density at radius 2 is 2.30 bits per heavy atom. The van der Waals surface area contributed by atoms with Crippen molar-refractivity contribution in [2.45, 2.75) is 31.7 Å². The average molecular weight is 316 g/mol. The van der Waals surface area contributed by atoms with Gasteiger partial charge in [-0.05, 0) is 57.0 Å². The predicted octanol–water partition coefficient (Wildman–Crippen LogP) is 1.92. The van der Waals surface area contributed by atoms with Crippen LogP contribution in [0.5, 0.6) is 0 Å². The molecule has 1 aromatic carbocycles. The minimum atomic E-state index is -0.255. The molecule has 0 aliphatic carbocycles. The molecule has 0 spiro atoms. The summed E-state index contributed by atoms with van der Waals surface area (Å²) in [5, 5.41) is 23.6. The number of rotatable bonds is 7. The Labute approximate surface area is 137 Å². The lowest BCUT2D eigenvalue weighted by molar-refractivity contribution is 0.157. The van der Waals surface area contributed by atoms with Gasteiger partial charge >= 0.3 is 6.03 Å². The van der Waals surface area contributed by atoms with Gasteiger partial charge < -0.3 is 15.7 Å². The maximum Gasteiger partial charge on any atom is 0.319 e.